The van der Waals surface area contributed by atoms with Gasteiger partial charge in [0.25, 0.3) is 0 Å². The molecule has 0 aromatic heterocycles. The summed E-state index contributed by atoms with van der Waals surface area (Å²) in [5, 5.41) is 29.3. The highest BCUT2D eigenvalue weighted by Gasteiger charge is 2.40. The molecule has 110 valence electrons. The number of fused-ring (bicyclic) bond motifs is 1. The number of aliphatic hydroxyl groups is 2. The van der Waals surface area contributed by atoms with E-state index in [1.54, 1.807) is 19.2 Å². The molecule has 0 radical (unpaired) electrons. The van der Waals surface area contributed by atoms with Crippen molar-refractivity contribution in [3.8, 4) is 11.5 Å². The molecule has 0 saturated heterocycles. The number of rotatable bonds is 3. The van der Waals surface area contributed by atoms with E-state index in [2.05, 4.69) is 0 Å². The van der Waals surface area contributed by atoms with E-state index >= 15 is 0 Å². The molecule has 1 aromatic carbocycles. The SMILES string of the molecule is CSC(=O)c1c(C)cc2c(c1O)CC(C(C)(O)CO)O2. The van der Waals surface area contributed by atoms with Crippen molar-refractivity contribution in [1.82, 2.24) is 0 Å². The number of aryl methyl sites for hydroxylation is 1. The lowest BCUT2D eigenvalue weighted by atomic mass is 9.94. The second-order valence-electron chi connectivity index (χ2n) is 5.21. The number of thioether (sulfide) groups is 1. The molecule has 0 amide bonds. The predicted molar refractivity (Wildman–Crippen MR) is 76.5 cm³/mol. The summed E-state index contributed by atoms with van der Waals surface area (Å²) in [5.74, 6) is 0.368. The fraction of sp³-hybridized carbons (Fsp3) is 0.500. The first kappa shape index (κ1) is 15.2. The largest absolute Gasteiger partial charge is 0.507 e. The maximum absolute atomic E-state index is 11.9. The summed E-state index contributed by atoms with van der Waals surface area (Å²) in [6, 6.07) is 1.69. The van der Waals surface area contributed by atoms with E-state index in [0.717, 1.165) is 11.8 Å². The molecular formula is C14H18O5S. The first-order valence-electron chi connectivity index (χ1n) is 6.25. The van der Waals surface area contributed by atoms with Crippen molar-refractivity contribution in [3.63, 3.8) is 0 Å². The molecule has 2 rings (SSSR count). The molecule has 1 aliphatic heterocycles. The summed E-state index contributed by atoms with van der Waals surface area (Å²) in [5.41, 5.74) is 0.0176. The van der Waals surface area contributed by atoms with Gasteiger partial charge in [-0.25, -0.2) is 0 Å². The second-order valence-corrected chi connectivity index (χ2v) is 5.99. The summed E-state index contributed by atoms with van der Waals surface area (Å²) in [6.07, 6.45) is 1.26. The number of phenols is 1. The Kier molecular flexibility index (Phi) is 4.00. The molecule has 0 fully saturated rings. The van der Waals surface area contributed by atoms with E-state index in [0.29, 0.717) is 16.9 Å². The quantitative estimate of drug-likeness (QED) is 0.778. The van der Waals surface area contributed by atoms with Crippen LogP contribution >= 0.6 is 11.8 Å². The molecule has 6 heteroatoms. The molecule has 5 nitrogen and oxygen atoms in total. The average Bonchev–Trinajstić information content (AvgIpc) is 2.83. The van der Waals surface area contributed by atoms with Crippen LogP contribution in [0.15, 0.2) is 6.07 Å². The molecular weight excluding hydrogens is 280 g/mol. The van der Waals surface area contributed by atoms with E-state index in [1.807, 2.05) is 0 Å². The third kappa shape index (κ3) is 2.39. The van der Waals surface area contributed by atoms with E-state index in [4.69, 9.17) is 4.74 Å². The zero-order valence-electron chi connectivity index (χ0n) is 11.6. The summed E-state index contributed by atoms with van der Waals surface area (Å²) in [7, 11) is 0. The number of benzene rings is 1. The summed E-state index contributed by atoms with van der Waals surface area (Å²) in [4.78, 5) is 11.9. The molecule has 1 aromatic rings. The summed E-state index contributed by atoms with van der Waals surface area (Å²) in [6.45, 7) is 2.76. The molecule has 0 saturated carbocycles. The van der Waals surface area contributed by atoms with Crippen LogP contribution < -0.4 is 4.74 Å². The highest BCUT2D eigenvalue weighted by Crippen LogP contribution is 2.42. The number of carbonyl (C=O) groups excluding carboxylic acids is 1. The van der Waals surface area contributed by atoms with Gasteiger partial charge in [-0.15, -0.1) is 0 Å². The Morgan fingerprint density at radius 3 is 2.80 bits per heavy atom. The normalized spacial score (nSPS) is 20.1. The van der Waals surface area contributed by atoms with E-state index in [1.165, 1.54) is 6.92 Å². The number of ether oxygens (including phenoxy) is 1. The van der Waals surface area contributed by atoms with Crippen LogP contribution in [-0.2, 0) is 6.42 Å². The standard InChI is InChI=1S/C14H18O5S/c1-7-4-9-8(12(16)11(7)13(17)20-3)5-10(19-9)14(2,18)6-15/h4,10,15-16,18H,5-6H2,1-3H3. The minimum atomic E-state index is -1.40. The number of hydrogen-bond donors (Lipinski definition) is 3. The van der Waals surface area contributed by atoms with Gasteiger partial charge in [-0.05, 0) is 31.7 Å². The highest BCUT2D eigenvalue weighted by molar-refractivity contribution is 8.13. The first-order valence-corrected chi connectivity index (χ1v) is 7.48. The monoisotopic (exact) mass is 298 g/mol. The lowest BCUT2D eigenvalue weighted by Crippen LogP contribution is -2.45. The van der Waals surface area contributed by atoms with Gasteiger partial charge in [-0.1, -0.05) is 11.8 Å². The summed E-state index contributed by atoms with van der Waals surface area (Å²) >= 11 is 1.03. The maximum atomic E-state index is 11.9. The predicted octanol–water partition coefficient (Wildman–Crippen LogP) is 1.25. The zero-order chi connectivity index (χ0) is 15.1. The van der Waals surface area contributed by atoms with Gasteiger partial charge in [0.2, 0.25) is 5.12 Å². The van der Waals surface area contributed by atoms with Crippen molar-refractivity contribution in [2.24, 2.45) is 0 Å². The van der Waals surface area contributed by atoms with E-state index in [-0.39, 0.29) is 22.8 Å². The fourth-order valence-electron chi connectivity index (χ4n) is 2.30. The van der Waals surface area contributed by atoms with Crippen molar-refractivity contribution in [1.29, 1.82) is 0 Å². The maximum Gasteiger partial charge on any atom is 0.223 e. The second kappa shape index (κ2) is 5.27. The summed E-state index contributed by atoms with van der Waals surface area (Å²) < 4.78 is 5.60. The van der Waals surface area contributed by atoms with E-state index in [9.17, 15) is 20.1 Å². The Bertz CT molecular complexity index is 553. The van der Waals surface area contributed by atoms with Crippen molar-refractivity contribution in [3.05, 3.63) is 22.8 Å². The molecule has 0 aliphatic carbocycles. The zero-order valence-corrected chi connectivity index (χ0v) is 12.5. The van der Waals surface area contributed by atoms with Crippen LogP contribution in [0.3, 0.4) is 0 Å². The van der Waals surface area contributed by atoms with Crippen molar-refractivity contribution >= 4 is 16.9 Å². The van der Waals surface area contributed by atoms with Gasteiger partial charge >= 0.3 is 0 Å². The van der Waals surface area contributed by atoms with Crippen molar-refractivity contribution < 1.29 is 24.9 Å². The van der Waals surface area contributed by atoms with Crippen LogP contribution in [-0.4, -0.2) is 45.0 Å². The van der Waals surface area contributed by atoms with Gasteiger partial charge in [0.05, 0.1) is 12.2 Å². The van der Waals surface area contributed by atoms with Crippen molar-refractivity contribution in [2.75, 3.05) is 12.9 Å². The minimum absolute atomic E-state index is 0.0874. The topological polar surface area (TPSA) is 87.0 Å². The van der Waals surface area contributed by atoms with Crippen LogP contribution in [0.5, 0.6) is 11.5 Å². The Labute approximate surface area is 121 Å². The van der Waals surface area contributed by atoms with Crippen LogP contribution in [0.2, 0.25) is 0 Å². The third-order valence-corrected chi connectivity index (χ3v) is 4.20. The molecule has 2 unspecified atom stereocenters. The first-order chi connectivity index (χ1) is 9.31. The molecule has 1 aliphatic rings. The highest BCUT2D eigenvalue weighted by atomic mass is 32.2. The van der Waals surface area contributed by atoms with Gasteiger partial charge in [-0.3, -0.25) is 4.79 Å². The Morgan fingerprint density at radius 1 is 1.60 bits per heavy atom. The van der Waals surface area contributed by atoms with Gasteiger partial charge in [-0.2, -0.15) is 0 Å². The lowest BCUT2D eigenvalue weighted by molar-refractivity contribution is -0.0729. The number of aliphatic hydroxyl groups excluding tert-OH is 1. The number of carbonyl (C=O) groups is 1. The van der Waals surface area contributed by atoms with Gasteiger partial charge in [0, 0.05) is 12.0 Å². The molecule has 3 N–H and O–H groups in total. The molecule has 2 atom stereocenters. The molecule has 0 spiro atoms. The molecule has 1 heterocycles. The Balaban J connectivity index is 2.44. The van der Waals surface area contributed by atoms with Gasteiger partial charge in [0.1, 0.15) is 23.2 Å². The van der Waals surface area contributed by atoms with E-state index < -0.39 is 18.3 Å². The third-order valence-electron chi connectivity index (χ3n) is 3.62. The number of aromatic hydroxyl groups is 1. The number of phenolic OH excluding ortho intramolecular Hbond substituents is 1. The molecule has 20 heavy (non-hydrogen) atoms. The minimum Gasteiger partial charge on any atom is -0.507 e. The molecule has 0 bridgehead atoms. The van der Waals surface area contributed by atoms with Crippen LogP contribution in [0.1, 0.15) is 28.4 Å². The Morgan fingerprint density at radius 2 is 2.25 bits per heavy atom. The van der Waals surface area contributed by atoms with Crippen LogP contribution in [0.4, 0.5) is 0 Å². The lowest BCUT2D eigenvalue weighted by Gasteiger charge is -2.26. The van der Waals surface area contributed by atoms with Crippen molar-refractivity contribution in [2.45, 2.75) is 32.0 Å². The Hall–Kier alpha value is -1.24. The van der Waals surface area contributed by atoms with Crippen LogP contribution in [0.25, 0.3) is 0 Å². The van der Waals surface area contributed by atoms with Gasteiger partial charge in [0.15, 0.2) is 0 Å². The van der Waals surface area contributed by atoms with Gasteiger partial charge < -0.3 is 20.1 Å². The number of hydrogen-bond acceptors (Lipinski definition) is 6. The van der Waals surface area contributed by atoms with Crippen LogP contribution in [0, 0.1) is 6.92 Å². The average molecular weight is 298 g/mol. The fourth-order valence-corrected chi connectivity index (χ4v) is 2.76. The smallest absolute Gasteiger partial charge is 0.223 e.